The van der Waals surface area contributed by atoms with Crippen molar-refractivity contribution in [2.75, 3.05) is 18.0 Å². The van der Waals surface area contributed by atoms with Crippen LogP contribution in [0.5, 0.6) is 11.8 Å². The highest BCUT2D eigenvalue weighted by Crippen LogP contribution is 2.44. The Labute approximate surface area is 199 Å². The summed E-state index contributed by atoms with van der Waals surface area (Å²) >= 11 is 0. The van der Waals surface area contributed by atoms with Crippen LogP contribution in [0.3, 0.4) is 0 Å². The van der Waals surface area contributed by atoms with Crippen LogP contribution in [0.4, 0.5) is 23.6 Å². The van der Waals surface area contributed by atoms with Crippen molar-refractivity contribution in [1.82, 2.24) is 24.9 Å². The van der Waals surface area contributed by atoms with E-state index >= 15 is 0 Å². The molecule has 8 nitrogen and oxygen atoms in total. The van der Waals surface area contributed by atoms with Crippen molar-refractivity contribution in [3.05, 3.63) is 41.2 Å². The quantitative estimate of drug-likeness (QED) is 0.436. The van der Waals surface area contributed by atoms with Gasteiger partial charge in [0.05, 0.1) is 11.6 Å². The number of aryl methyl sites for hydroxylation is 1. The molecule has 2 aliphatic rings. The molecule has 1 saturated heterocycles. The predicted octanol–water partition coefficient (Wildman–Crippen LogP) is 5.21. The van der Waals surface area contributed by atoms with E-state index in [0.29, 0.717) is 47.9 Å². The minimum Gasteiger partial charge on any atom is -0.424 e. The zero-order chi connectivity index (χ0) is 24.9. The lowest BCUT2D eigenvalue weighted by atomic mass is 9.82. The van der Waals surface area contributed by atoms with E-state index in [9.17, 15) is 17.6 Å². The summed E-state index contributed by atoms with van der Waals surface area (Å²) in [6.45, 7) is 7.18. The molecule has 3 heterocycles. The number of hydrogen-bond donors (Lipinski definition) is 0. The number of fused-ring (bicyclic) bond motifs is 2. The molecule has 5 rings (SSSR count). The lowest BCUT2D eigenvalue weighted by Crippen LogP contribution is -2.43. The second-order valence-corrected chi connectivity index (χ2v) is 9.59. The number of hydrogen-bond acceptors (Lipinski definition) is 7. The maximum Gasteiger partial charge on any atom is 0.419 e. The Balaban J connectivity index is 1.34. The van der Waals surface area contributed by atoms with Gasteiger partial charge < -0.3 is 14.2 Å². The molecule has 2 aromatic heterocycles. The summed E-state index contributed by atoms with van der Waals surface area (Å²) in [7, 11) is 0. The number of ether oxygens (including phenoxy) is 1. The fourth-order valence-corrected chi connectivity index (χ4v) is 5.18. The topological polar surface area (TPSA) is 82.1 Å². The van der Waals surface area contributed by atoms with E-state index in [-0.39, 0.29) is 17.8 Å². The molecule has 2 fully saturated rings. The third-order valence-corrected chi connectivity index (χ3v) is 6.82. The van der Waals surface area contributed by atoms with Crippen LogP contribution in [-0.2, 0) is 12.6 Å². The van der Waals surface area contributed by atoms with Gasteiger partial charge >= 0.3 is 18.2 Å². The summed E-state index contributed by atoms with van der Waals surface area (Å²) in [4.78, 5) is 11.0. The van der Waals surface area contributed by atoms with E-state index in [2.05, 4.69) is 25.1 Å². The molecule has 35 heavy (non-hydrogen) atoms. The van der Waals surface area contributed by atoms with E-state index in [1.54, 1.807) is 11.6 Å². The molecule has 0 spiro atoms. The van der Waals surface area contributed by atoms with E-state index < -0.39 is 17.6 Å². The number of halogens is 4. The molecule has 1 saturated carbocycles. The molecule has 2 bridgehead atoms. The molecule has 1 aromatic carbocycles. The van der Waals surface area contributed by atoms with Crippen molar-refractivity contribution in [3.63, 3.8) is 0 Å². The Hall–Kier alpha value is -3.18. The molecular formula is C23H26F4N6O2. The van der Waals surface area contributed by atoms with Crippen LogP contribution in [-0.4, -0.2) is 38.0 Å². The Morgan fingerprint density at radius 3 is 2.46 bits per heavy atom. The second kappa shape index (κ2) is 8.80. The molecule has 3 atom stereocenters. The van der Waals surface area contributed by atoms with Crippen molar-refractivity contribution >= 4 is 6.01 Å². The van der Waals surface area contributed by atoms with Gasteiger partial charge in [-0.15, -0.1) is 0 Å². The summed E-state index contributed by atoms with van der Waals surface area (Å²) in [5.41, 5.74) is -1.38. The number of anilines is 1. The van der Waals surface area contributed by atoms with Crippen LogP contribution in [0, 0.1) is 30.5 Å². The van der Waals surface area contributed by atoms with Crippen LogP contribution in [0.1, 0.15) is 49.9 Å². The van der Waals surface area contributed by atoms with E-state index in [0.717, 1.165) is 38.1 Å². The summed E-state index contributed by atoms with van der Waals surface area (Å²) in [6, 6.07) is 3.04. The SMILES string of the molecule is Cc1noc(N2C[C@H]3CC[C@@H](C2)C3Cc2nc(Oc3ccc(F)c(C(F)(F)F)c3)n(C(C)C)n2)n1. The van der Waals surface area contributed by atoms with Gasteiger partial charge in [-0.05, 0) is 69.6 Å². The highest BCUT2D eigenvalue weighted by molar-refractivity contribution is 5.33. The number of benzene rings is 1. The Morgan fingerprint density at radius 2 is 1.86 bits per heavy atom. The lowest BCUT2D eigenvalue weighted by Gasteiger charge is -2.36. The molecule has 12 heteroatoms. The molecule has 0 amide bonds. The number of alkyl halides is 3. The first-order chi connectivity index (χ1) is 16.6. The Bertz CT molecular complexity index is 1190. The summed E-state index contributed by atoms with van der Waals surface area (Å²) in [5, 5.41) is 8.48. The molecule has 0 N–H and O–H groups in total. The van der Waals surface area contributed by atoms with Gasteiger partial charge in [0.25, 0.3) is 0 Å². The number of aromatic nitrogens is 5. The standard InChI is InChI=1S/C23H26F4N6O2/c1-12(2)33-22(34-16-6-7-19(24)18(8-16)23(25,26)27)29-20(30-33)9-17-14-4-5-15(17)11-32(10-14)21-28-13(3)31-35-21/h6-8,12,14-15,17H,4-5,9-11H2,1-3H3/t14-,15+,17?. The van der Waals surface area contributed by atoms with Gasteiger partial charge in [0, 0.05) is 19.5 Å². The lowest BCUT2D eigenvalue weighted by molar-refractivity contribution is -0.140. The van der Waals surface area contributed by atoms with E-state index in [4.69, 9.17) is 9.26 Å². The largest absolute Gasteiger partial charge is 0.424 e. The van der Waals surface area contributed by atoms with Gasteiger partial charge in [-0.1, -0.05) is 5.16 Å². The summed E-state index contributed by atoms with van der Waals surface area (Å²) in [5.74, 6) is 0.889. The van der Waals surface area contributed by atoms with Crippen molar-refractivity contribution in [1.29, 1.82) is 0 Å². The average molecular weight is 494 g/mol. The fourth-order valence-electron chi connectivity index (χ4n) is 5.18. The highest BCUT2D eigenvalue weighted by Gasteiger charge is 2.43. The number of nitrogens with zero attached hydrogens (tertiary/aromatic N) is 6. The molecule has 188 valence electrons. The number of rotatable bonds is 6. The third kappa shape index (κ3) is 4.70. The number of piperidine rings is 1. The van der Waals surface area contributed by atoms with Gasteiger partial charge in [0.1, 0.15) is 11.6 Å². The Kier molecular flexibility index (Phi) is 5.92. The van der Waals surface area contributed by atoms with E-state index in [1.165, 1.54) is 0 Å². The van der Waals surface area contributed by atoms with Crippen LogP contribution in [0.2, 0.25) is 0 Å². The predicted molar refractivity (Wildman–Crippen MR) is 117 cm³/mol. The zero-order valence-corrected chi connectivity index (χ0v) is 19.6. The van der Waals surface area contributed by atoms with Gasteiger partial charge in [-0.2, -0.15) is 28.2 Å². The minimum atomic E-state index is -4.82. The first-order valence-electron chi connectivity index (χ1n) is 11.6. The van der Waals surface area contributed by atoms with Gasteiger partial charge in [0.15, 0.2) is 11.6 Å². The van der Waals surface area contributed by atoms with Gasteiger partial charge in [0.2, 0.25) is 0 Å². The van der Waals surface area contributed by atoms with Crippen molar-refractivity contribution < 1.29 is 26.8 Å². The van der Waals surface area contributed by atoms with Crippen molar-refractivity contribution in [3.8, 4) is 11.8 Å². The first-order valence-corrected chi connectivity index (χ1v) is 11.6. The van der Waals surface area contributed by atoms with Crippen molar-refractivity contribution in [2.24, 2.45) is 17.8 Å². The second-order valence-electron chi connectivity index (χ2n) is 9.59. The molecule has 1 unspecified atom stereocenters. The molecule has 3 aromatic rings. The highest BCUT2D eigenvalue weighted by atomic mass is 19.4. The first kappa shape index (κ1) is 23.6. The summed E-state index contributed by atoms with van der Waals surface area (Å²) < 4.78 is 65.6. The van der Waals surface area contributed by atoms with Crippen LogP contribution in [0.15, 0.2) is 22.7 Å². The third-order valence-electron chi connectivity index (χ3n) is 6.82. The van der Waals surface area contributed by atoms with Crippen molar-refractivity contribution in [2.45, 2.75) is 52.3 Å². The molecule has 0 radical (unpaired) electrons. The summed E-state index contributed by atoms with van der Waals surface area (Å²) in [6.07, 6.45) is -2.01. The van der Waals surface area contributed by atoms with Crippen LogP contribution in [0.25, 0.3) is 0 Å². The average Bonchev–Trinajstić information content (AvgIpc) is 3.45. The van der Waals surface area contributed by atoms with Crippen LogP contribution >= 0.6 is 0 Å². The normalized spacial score (nSPS) is 22.3. The molecule has 1 aliphatic carbocycles. The Morgan fingerprint density at radius 1 is 1.14 bits per heavy atom. The van der Waals surface area contributed by atoms with Gasteiger partial charge in [-0.25, -0.2) is 9.07 Å². The smallest absolute Gasteiger partial charge is 0.419 e. The maximum atomic E-state index is 13.7. The molecular weight excluding hydrogens is 468 g/mol. The minimum absolute atomic E-state index is 0.0841. The molecule has 1 aliphatic heterocycles. The van der Waals surface area contributed by atoms with E-state index in [1.807, 2.05) is 13.8 Å². The monoisotopic (exact) mass is 494 g/mol. The van der Waals surface area contributed by atoms with Crippen LogP contribution < -0.4 is 9.64 Å². The van der Waals surface area contributed by atoms with Gasteiger partial charge in [-0.3, -0.25) is 0 Å². The zero-order valence-electron chi connectivity index (χ0n) is 19.6. The fraction of sp³-hybridized carbons (Fsp3) is 0.565. The maximum absolute atomic E-state index is 13.7.